The van der Waals surface area contributed by atoms with Gasteiger partial charge in [0.25, 0.3) is 5.69 Å². The van der Waals surface area contributed by atoms with E-state index in [-0.39, 0.29) is 15.7 Å². The summed E-state index contributed by atoms with van der Waals surface area (Å²) in [5.74, 6) is -1.12. The molecule has 0 N–H and O–H groups in total. The third-order valence-corrected chi connectivity index (χ3v) is 3.20. The van der Waals surface area contributed by atoms with Gasteiger partial charge in [0.05, 0.1) is 23.0 Å². The van der Waals surface area contributed by atoms with Crippen LogP contribution in [0.2, 0.25) is 10.0 Å². The lowest BCUT2D eigenvalue weighted by atomic mass is 10.0. The van der Waals surface area contributed by atoms with Gasteiger partial charge in [-0.1, -0.05) is 23.2 Å². The molecular formula is C10H9Cl2NO4. The van der Waals surface area contributed by atoms with Gasteiger partial charge in [0.2, 0.25) is 0 Å². The second-order valence-electron chi connectivity index (χ2n) is 3.30. The molecule has 0 spiro atoms. The number of carbonyl (C=O) groups is 1. The Morgan fingerprint density at radius 1 is 1.41 bits per heavy atom. The Kier molecular flexibility index (Phi) is 4.31. The largest absolute Gasteiger partial charge is 0.469 e. The fourth-order valence-corrected chi connectivity index (χ4v) is 1.90. The number of nitro benzene ring substituents is 1. The van der Waals surface area contributed by atoms with E-state index in [9.17, 15) is 14.9 Å². The van der Waals surface area contributed by atoms with E-state index in [1.54, 1.807) is 6.92 Å². The van der Waals surface area contributed by atoms with Crippen molar-refractivity contribution in [2.24, 2.45) is 0 Å². The topological polar surface area (TPSA) is 69.4 Å². The lowest BCUT2D eigenvalue weighted by Gasteiger charge is -2.12. The molecule has 0 saturated heterocycles. The Labute approximate surface area is 107 Å². The zero-order valence-corrected chi connectivity index (χ0v) is 10.6. The Morgan fingerprint density at radius 3 is 2.47 bits per heavy atom. The number of methoxy groups -OCH3 is 1. The SMILES string of the molecule is COC(=O)C(C)c1ccc([N+](=O)[O-])c(Cl)c1Cl. The van der Waals surface area contributed by atoms with Crippen LogP contribution in [-0.4, -0.2) is 18.0 Å². The zero-order valence-electron chi connectivity index (χ0n) is 9.07. The van der Waals surface area contributed by atoms with Gasteiger partial charge in [0.15, 0.2) is 0 Å². The van der Waals surface area contributed by atoms with Gasteiger partial charge in [0, 0.05) is 6.07 Å². The van der Waals surface area contributed by atoms with Crippen LogP contribution in [0.15, 0.2) is 12.1 Å². The molecule has 0 radical (unpaired) electrons. The molecule has 1 aromatic carbocycles. The summed E-state index contributed by atoms with van der Waals surface area (Å²) < 4.78 is 4.56. The van der Waals surface area contributed by atoms with Crippen LogP contribution in [0.3, 0.4) is 0 Å². The molecule has 1 atom stereocenters. The van der Waals surface area contributed by atoms with Gasteiger partial charge in [-0.15, -0.1) is 0 Å². The second-order valence-corrected chi connectivity index (χ2v) is 4.06. The summed E-state index contributed by atoms with van der Waals surface area (Å²) in [4.78, 5) is 21.3. The maximum atomic E-state index is 11.3. The Morgan fingerprint density at radius 2 is 2.00 bits per heavy atom. The molecule has 0 aliphatic rings. The van der Waals surface area contributed by atoms with Crippen molar-refractivity contribution in [2.75, 3.05) is 7.11 Å². The lowest BCUT2D eigenvalue weighted by molar-refractivity contribution is -0.384. The minimum atomic E-state index is -0.638. The van der Waals surface area contributed by atoms with Crippen molar-refractivity contribution < 1.29 is 14.5 Å². The van der Waals surface area contributed by atoms with E-state index in [0.29, 0.717) is 5.56 Å². The van der Waals surface area contributed by atoms with Crippen LogP contribution in [0.5, 0.6) is 0 Å². The number of rotatable bonds is 3. The van der Waals surface area contributed by atoms with E-state index in [4.69, 9.17) is 23.2 Å². The number of benzene rings is 1. The number of ether oxygens (including phenoxy) is 1. The Balaban J connectivity index is 3.26. The molecule has 0 aliphatic heterocycles. The average Bonchev–Trinajstić information content (AvgIpc) is 2.30. The molecule has 0 fully saturated rings. The van der Waals surface area contributed by atoms with Crippen LogP contribution in [-0.2, 0) is 9.53 Å². The van der Waals surface area contributed by atoms with Crippen LogP contribution in [0.25, 0.3) is 0 Å². The highest BCUT2D eigenvalue weighted by Crippen LogP contribution is 2.37. The standard InChI is InChI=1S/C10H9Cl2NO4/c1-5(10(14)17-2)6-3-4-7(13(15)16)9(12)8(6)11/h3-5H,1-2H3. The number of halogens is 2. The predicted octanol–water partition coefficient (Wildman–Crippen LogP) is 3.18. The first-order valence-corrected chi connectivity index (χ1v) is 5.35. The van der Waals surface area contributed by atoms with Crippen molar-refractivity contribution in [3.05, 3.63) is 37.9 Å². The van der Waals surface area contributed by atoms with E-state index in [2.05, 4.69) is 4.74 Å². The lowest BCUT2D eigenvalue weighted by Crippen LogP contribution is -2.11. The van der Waals surface area contributed by atoms with Crippen molar-refractivity contribution in [1.82, 2.24) is 0 Å². The molecule has 0 bridgehead atoms. The molecule has 1 unspecified atom stereocenters. The molecule has 7 heteroatoms. The number of hydrogen-bond donors (Lipinski definition) is 0. The van der Waals surface area contributed by atoms with Gasteiger partial charge in [0.1, 0.15) is 5.02 Å². The van der Waals surface area contributed by atoms with Gasteiger partial charge in [-0.3, -0.25) is 14.9 Å². The zero-order chi connectivity index (χ0) is 13.2. The van der Waals surface area contributed by atoms with E-state index < -0.39 is 16.8 Å². The first-order valence-electron chi connectivity index (χ1n) is 4.60. The maximum Gasteiger partial charge on any atom is 0.312 e. The van der Waals surface area contributed by atoms with Crippen molar-refractivity contribution >= 4 is 34.9 Å². The number of carbonyl (C=O) groups excluding carboxylic acids is 1. The summed E-state index contributed by atoms with van der Waals surface area (Å²) in [7, 11) is 1.25. The minimum Gasteiger partial charge on any atom is -0.469 e. The molecular weight excluding hydrogens is 269 g/mol. The molecule has 1 aromatic rings. The molecule has 1 rings (SSSR count). The van der Waals surface area contributed by atoms with E-state index >= 15 is 0 Å². The quantitative estimate of drug-likeness (QED) is 0.483. The van der Waals surface area contributed by atoms with E-state index in [1.807, 2.05) is 0 Å². The van der Waals surface area contributed by atoms with Gasteiger partial charge in [-0.05, 0) is 18.6 Å². The van der Waals surface area contributed by atoms with Gasteiger partial charge in [-0.2, -0.15) is 0 Å². The van der Waals surface area contributed by atoms with E-state index in [1.165, 1.54) is 19.2 Å². The normalized spacial score (nSPS) is 12.0. The third kappa shape index (κ3) is 2.68. The summed E-state index contributed by atoms with van der Waals surface area (Å²) in [6.07, 6.45) is 0. The summed E-state index contributed by atoms with van der Waals surface area (Å²) in [6.45, 7) is 1.58. The smallest absolute Gasteiger partial charge is 0.312 e. The highest BCUT2D eigenvalue weighted by atomic mass is 35.5. The van der Waals surface area contributed by atoms with Gasteiger partial charge >= 0.3 is 5.97 Å². The Hall–Kier alpha value is -1.33. The molecule has 0 saturated carbocycles. The minimum absolute atomic E-state index is 0.00114. The third-order valence-electron chi connectivity index (χ3n) is 2.31. The number of hydrogen-bond acceptors (Lipinski definition) is 4. The fraction of sp³-hybridized carbons (Fsp3) is 0.300. The molecule has 5 nitrogen and oxygen atoms in total. The Bertz CT molecular complexity index is 476. The van der Waals surface area contributed by atoms with E-state index in [0.717, 1.165) is 0 Å². The highest BCUT2D eigenvalue weighted by molar-refractivity contribution is 6.44. The number of esters is 1. The molecule has 0 aromatic heterocycles. The van der Waals surface area contributed by atoms with Crippen LogP contribution in [0.1, 0.15) is 18.4 Å². The molecule has 0 amide bonds. The first kappa shape index (κ1) is 13.7. The van der Waals surface area contributed by atoms with Gasteiger partial charge < -0.3 is 4.74 Å². The van der Waals surface area contributed by atoms with Crippen LogP contribution < -0.4 is 0 Å². The summed E-state index contributed by atoms with van der Waals surface area (Å²) >= 11 is 11.7. The van der Waals surface area contributed by atoms with Crippen molar-refractivity contribution in [2.45, 2.75) is 12.8 Å². The maximum absolute atomic E-state index is 11.3. The van der Waals surface area contributed by atoms with Crippen molar-refractivity contribution in [3.63, 3.8) is 0 Å². The van der Waals surface area contributed by atoms with Crippen LogP contribution >= 0.6 is 23.2 Å². The molecule has 17 heavy (non-hydrogen) atoms. The number of nitro groups is 1. The predicted molar refractivity (Wildman–Crippen MR) is 63.5 cm³/mol. The van der Waals surface area contributed by atoms with Crippen LogP contribution in [0, 0.1) is 10.1 Å². The summed E-state index contributed by atoms with van der Waals surface area (Å²) in [6, 6.07) is 2.61. The first-order chi connectivity index (χ1) is 7.90. The van der Waals surface area contributed by atoms with Crippen molar-refractivity contribution in [1.29, 1.82) is 0 Å². The fourth-order valence-electron chi connectivity index (χ4n) is 1.33. The highest BCUT2D eigenvalue weighted by Gasteiger charge is 2.24. The summed E-state index contributed by atoms with van der Waals surface area (Å²) in [5.41, 5.74) is 0.103. The average molecular weight is 278 g/mol. The van der Waals surface area contributed by atoms with Crippen molar-refractivity contribution in [3.8, 4) is 0 Å². The van der Waals surface area contributed by atoms with Gasteiger partial charge in [-0.25, -0.2) is 0 Å². The molecule has 0 aliphatic carbocycles. The monoisotopic (exact) mass is 277 g/mol. The summed E-state index contributed by atoms with van der Waals surface area (Å²) in [5, 5.41) is 10.4. The number of nitrogens with zero attached hydrogens (tertiary/aromatic N) is 1. The van der Waals surface area contributed by atoms with Crippen LogP contribution in [0.4, 0.5) is 5.69 Å². The molecule has 0 heterocycles. The second kappa shape index (κ2) is 5.33. The molecule has 92 valence electrons.